The Morgan fingerprint density at radius 2 is 2.14 bits per heavy atom. The zero-order valence-electron chi connectivity index (χ0n) is 12.1. The smallest absolute Gasteiger partial charge is 0.338 e. The van der Waals surface area contributed by atoms with Gasteiger partial charge in [0.25, 0.3) is 0 Å². The lowest BCUT2D eigenvalue weighted by Gasteiger charge is -2.27. The predicted molar refractivity (Wildman–Crippen MR) is 83.1 cm³/mol. The summed E-state index contributed by atoms with van der Waals surface area (Å²) in [4.78, 5) is 12.4. The van der Waals surface area contributed by atoms with Crippen LogP contribution in [0.4, 0.5) is 5.95 Å². The molecule has 8 heteroatoms. The molecule has 7 nitrogen and oxygen atoms in total. The minimum absolute atomic E-state index is 0.311. The fraction of sp³-hybridized carbons (Fsp3) is 0.286. The summed E-state index contributed by atoms with van der Waals surface area (Å²) in [6, 6.07) is 7.27. The molecule has 0 amide bonds. The van der Waals surface area contributed by atoms with Crippen molar-refractivity contribution in [1.82, 2.24) is 20.2 Å². The molecule has 114 valence electrons. The van der Waals surface area contributed by atoms with Crippen molar-refractivity contribution < 1.29 is 9.53 Å². The van der Waals surface area contributed by atoms with E-state index in [0.717, 1.165) is 10.0 Å². The highest BCUT2D eigenvalue weighted by atomic mass is 79.9. The third-order valence-corrected chi connectivity index (χ3v) is 3.92. The number of aromatic nitrogens is 4. The first kappa shape index (κ1) is 14.7. The van der Waals surface area contributed by atoms with Gasteiger partial charge in [-0.2, -0.15) is 4.68 Å². The number of carbonyl (C=O) groups is 1. The summed E-state index contributed by atoms with van der Waals surface area (Å²) in [6.07, 6.45) is 0. The van der Waals surface area contributed by atoms with Crippen molar-refractivity contribution in [2.75, 3.05) is 11.9 Å². The summed E-state index contributed by atoms with van der Waals surface area (Å²) in [5.41, 5.74) is 2.10. The summed E-state index contributed by atoms with van der Waals surface area (Å²) in [5, 5.41) is 14.7. The number of nitrogens with zero attached hydrogens (tertiary/aromatic N) is 4. The lowest BCUT2D eigenvalue weighted by atomic mass is 9.96. The van der Waals surface area contributed by atoms with E-state index in [1.165, 1.54) is 0 Å². The van der Waals surface area contributed by atoms with Crippen molar-refractivity contribution in [1.29, 1.82) is 0 Å². The van der Waals surface area contributed by atoms with Gasteiger partial charge in [-0.1, -0.05) is 33.2 Å². The third kappa shape index (κ3) is 2.50. The van der Waals surface area contributed by atoms with Crippen molar-refractivity contribution in [3.8, 4) is 0 Å². The zero-order valence-corrected chi connectivity index (χ0v) is 13.7. The van der Waals surface area contributed by atoms with E-state index >= 15 is 0 Å². The third-order valence-electron chi connectivity index (χ3n) is 3.40. The first-order valence-corrected chi connectivity index (χ1v) is 7.59. The fourth-order valence-electron chi connectivity index (χ4n) is 2.44. The quantitative estimate of drug-likeness (QED) is 0.842. The van der Waals surface area contributed by atoms with Gasteiger partial charge in [-0.25, -0.2) is 4.79 Å². The molecule has 3 rings (SSSR count). The Bertz CT molecular complexity index is 738. The standard InChI is InChI=1S/C14H14BrN5O2/c1-3-22-13(21)11-8(2)16-14-17-18-19-20(14)12(11)9-4-6-10(15)7-5-9/h4-7,12H,3H2,1-2H3,(H,16,17,19). The number of tetrazole rings is 1. The second-order valence-electron chi connectivity index (χ2n) is 4.79. The summed E-state index contributed by atoms with van der Waals surface area (Å²) in [6.45, 7) is 3.91. The SMILES string of the molecule is CCOC(=O)C1=C(C)Nc2nnnn2C1c1ccc(Br)cc1. The normalized spacial score (nSPS) is 17.0. The Hall–Kier alpha value is -2.22. The molecule has 1 unspecified atom stereocenters. The van der Waals surface area contributed by atoms with Gasteiger partial charge in [0.2, 0.25) is 5.95 Å². The Morgan fingerprint density at radius 1 is 1.41 bits per heavy atom. The number of carbonyl (C=O) groups excluding carboxylic acids is 1. The Balaban J connectivity index is 2.13. The first-order chi connectivity index (χ1) is 10.6. The molecular weight excluding hydrogens is 350 g/mol. The van der Waals surface area contributed by atoms with Crippen molar-refractivity contribution in [3.05, 3.63) is 45.6 Å². The summed E-state index contributed by atoms with van der Waals surface area (Å²) >= 11 is 3.41. The number of nitrogens with one attached hydrogen (secondary N) is 1. The zero-order chi connectivity index (χ0) is 15.7. The highest BCUT2D eigenvalue weighted by molar-refractivity contribution is 9.10. The van der Waals surface area contributed by atoms with Crippen LogP contribution in [-0.2, 0) is 9.53 Å². The molecule has 0 saturated heterocycles. The average molecular weight is 364 g/mol. The molecule has 1 atom stereocenters. The van der Waals surface area contributed by atoms with Gasteiger partial charge in [0.05, 0.1) is 12.2 Å². The van der Waals surface area contributed by atoms with Crippen LogP contribution in [0.15, 0.2) is 40.0 Å². The maximum Gasteiger partial charge on any atom is 0.338 e. The lowest BCUT2D eigenvalue weighted by molar-refractivity contribution is -0.139. The maximum atomic E-state index is 12.4. The van der Waals surface area contributed by atoms with Crippen LogP contribution in [-0.4, -0.2) is 32.8 Å². The van der Waals surface area contributed by atoms with Crippen molar-refractivity contribution >= 4 is 27.8 Å². The van der Waals surface area contributed by atoms with E-state index < -0.39 is 6.04 Å². The second-order valence-corrected chi connectivity index (χ2v) is 5.70. The molecule has 0 saturated carbocycles. The van der Waals surface area contributed by atoms with Crippen LogP contribution in [0.5, 0.6) is 0 Å². The Labute approximate surface area is 135 Å². The number of fused-ring (bicyclic) bond motifs is 1. The Morgan fingerprint density at radius 3 is 2.82 bits per heavy atom. The van der Waals surface area contributed by atoms with E-state index in [4.69, 9.17) is 4.74 Å². The molecule has 0 fully saturated rings. The predicted octanol–water partition coefficient (Wildman–Crippen LogP) is 2.29. The molecule has 1 N–H and O–H groups in total. The van der Waals surface area contributed by atoms with Crippen molar-refractivity contribution in [3.63, 3.8) is 0 Å². The van der Waals surface area contributed by atoms with Gasteiger partial charge in [0.15, 0.2) is 0 Å². The van der Waals surface area contributed by atoms with Crippen LogP contribution in [0, 0.1) is 0 Å². The Kier molecular flexibility index (Phi) is 3.93. The molecule has 1 aliphatic rings. The van der Waals surface area contributed by atoms with E-state index in [9.17, 15) is 4.79 Å². The van der Waals surface area contributed by atoms with Crippen LogP contribution >= 0.6 is 15.9 Å². The number of rotatable bonds is 3. The van der Waals surface area contributed by atoms with Crippen LogP contribution < -0.4 is 5.32 Å². The molecule has 2 heterocycles. The maximum absolute atomic E-state index is 12.4. The molecule has 0 aliphatic carbocycles. The van der Waals surface area contributed by atoms with E-state index in [1.54, 1.807) is 11.6 Å². The first-order valence-electron chi connectivity index (χ1n) is 6.80. The minimum Gasteiger partial charge on any atom is -0.463 e. The number of halogens is 1. The average Bonchev–Trinajstić information content (AvgIpc) is 2.94. The second kappa shape index (κ2) is 5.88. The summed E-state index contributed by atoms with van der Waals surface area (Å²) in [7, 11) is 0. The topological polar surface area (TPSA) is 81.9 Å². The van der Waals surface area contributed by atoms with Gasteiger partial charge >= 0.3 is 5.97 Å². The molecular formula is C14H14BrN5O2. The van der Waals surface area contributed by atoms with Crippen LogP contribution in [0.2, 0.25) is 0 Å². The monoisotopic (exact) mass is 363 g/mol. The molecule has 0 spiro atoms. The van der Waals surface area contributed by atoms with E-state index in [2.05, 4.69) is 36.8 Å². The van der Waals surface area contributed by atoms with Gasteiger partial charge < -0.3 is 10.1 Å². The molecule has 2 aromatic rings. The van der Waals surface area contributed by atoms with Gasteiger partial charge in [0.1, 0.15) is 6.04 Å². The number of hydrogen-bond acceptors (Lipinski definition) is 6. The van der Waals surface area contributed by atoms with Gasteiger partial charge in [-0.3, -0.25) is 0 Å². The highest BCUT2D eigenvalue weighted by Crippen LogP contribution is 2.35. The van der Waals surface area contributed by atoms with Crippen LogP contribution in [0.25, 0.3) is 0 Å². The van der Waals surface area contributed by atoms with Gasteiger partial charge in [0, 0.05) is 10.2 Å². The molecule has 0 bridgehead atoms. The van der Waals surface area contributed by atoms with E-state index in [-0.39, 0.29) is 5.97 Å². The number of esters is 1. The molecule has 1 aliphatic heterocycles. The molecule has 0 radical (unpaired) electrons. The molecule has 22 heavy (non-hydrogen) atoms. The number of ether oxygens (including phenoxy) is 1. The van der Waals surface area contributed by atoms with Crippen molar-refractivity contribution in [2.24, 2.45) is 0 Å². The number of anilines is 1. The van der Waals surface area contributed by atoms with E-state index in [0.29, 0.717) is 23.8 Å². The number of benzene rings is 1. The largest absolute Gasteiger partial charge is 0.463 e. The van der Waals surface area contributed by atoms with Crippen LogP contribution in [0.1, 0.15) is 25.5 Å². The van der Waals surface area contributed by atoms with Gasteiger partial charge in [-0.05, 0) is 42.0 Å². The highest BCUT2D eigenvalue weighted by Gasteiger charge is 2.34. The van der Waals surface area contributed by atoms with Crippen LogP contribution in [0.3, 0.4) is 0 Å². The fourth-order valence-corrected chi connectivity index (χ4v) is 2.70. The van der Waals surface area contributed by atoms with E-state index in [1.807, 2.05) is 31.2 Å². The number of allylic oxidation sites excluding steroid dienone is 1. The summed E-state index contributed by atoms with van der Waals surface area (Å²) in [5.74, 6) is 0.125. The summed E-state index contributed by atoms with van der Waals surface area (Å²) < 4.78 is 7.74. The lowest BCUT2D eigenvalue weighted by Crippen LogP contribution is -2.29. The van der Waals surface area contributed by atoms with Gasteiger partial charge in [-0.15, -0.1) is 0 Å². The molecule has 1 aromatic heterocycles. The van der Waals surface area contributed by atoms with Crippen molar-refractivity contribution in [2.45, 2.75) is 19.9 Å². The number of hydrogen-bond donors (Lipinski definition) is 1. The molecule has 1 aromatic carbocycles. The minimum atomic E-state index is -0.418.